The number of hydrogen-bond donors (Lipinski definition) is 2. The SMILES string of the molecule is CCCCNC(=O)C1(N2C(=O)CSCC2C(N)=O)CCCC1. The van der Waals surface area contributed by atoms with Crippen molar-refractivity contribution >= 4 is 29.5 Å². The minimum Gasteiger partial charge on any atom is -0.368 e. The van der Waals surface area contributed by atoms with Crippen LogP contribution < -0.4 is 11.1 Å². The summed E-state index contributed by atoms with van der Waals surface area (Å²) in [5, 5.41) is 2.95. The Balaban J connectivity index is 2.25. The lowest BCUT2D eigenvalue weighted by Gasteiger charge is -2.45. The van der Waals surface area contributed by atoms with Gasteiger partial charge in [0.2, 0.25) is 17.7 Å². The highest BCUT2D eigenvalue weighted by atomic mass is 32.2. The van der Waals surface area contributed by atoms with Crippen molar-refractivity contribution in [3.8, 4) is 0 Å². The third-order valence-electron chi connectivity index (χ3n) is 4.54. The van der Waals surface area contributed by atoms with Gasteiger partial charge < -0.3 is 16.0 Å². The molecule has 6 nitrogen and oxygen atoms in total. The molecule has 0 radical (unpaired) electrons. The van der Waals surface area contributed by atoms with Gasteiger partial charge in [-0.2, -0.15) is 0 Å². The minimum atomic E-state index is -0.883. The first-order valence-corrected chi connectivity index (χ1v) is 9.16. The lowest BCUT2D eigenvalue weighted by molar-refractivity contribution is -0.152. The molecule has 0 aromatic carbocycles. The maximum absolute atomic E-state index is 12.8. The Morgan fingerprint density at radius 2 is 2.09 bits per heavy atom. The number of rotatable bonds is 6. The van der Waals surface area contributed by atoms with Gasteiger partial charge in [-0.1, -0.05) is 26.2 Å². The number of nitrogens with zero attached hydrogens (tertiary/aromatic N) is 1. The van der Waals surface area contributed by atoms with Crippen LogP contribution in [0.5, 0.6) is 0 Å². The van der Waals surface area contributed by atoms with E-state index in [9.17, 15) is 14.4 Å². The summed E-state index contributed by atoms with van der Waals surface area (Å²) >= 11 is 1.41. The van der Waals surface area contributed by atoms with Crippen LogP contribution in [0.15, 0.2) is 0 Å². The summed E-state index contributed by atoms with van der Waals surface area (Å²) in [6.45, 7) is 2.67. The van der Waals surface area contributed by atoms with Gasteiger partial charge in [0.05, 0.1) is 5.75 Å². The first kappa shape index (κ1) is 17.1. The maximum Gasteiger partial charge on any atom is 0.246 e. The van der Waals surface area contributed by atoms with Crippen LogP contribution in [0.1, 0.15) is 45.4 Å². The van der Waals surface area contributed by atoms with Crippen LogP contribution >= 0.6 is 11.8 Å². The quantitative estimate of drug-likeness (QED) is 0.700. The molecule has 1 aliphatic carbocycles. The molecule has 2 fully saturated rings. The Kier molecular flexibility index (Phi) is 5.72. The normalized spacial score (nSPS) is 24.3. The second kappa shape index (κ2) is 7.35. The second-order valence-corrected chi connectivity index (χ2v) is 7.08. The molecule has 124 valence electrons. The number of carbonyl (C=O) groups excluding carboxylic acids is 3. The van der Waals surface area contributed by atoms with Gasteiger partial charge in [-0.25, -0.2) is 0 Å². The van der Waals surface area contributed by atoms with E-state index < -0.39 is 17.5 Å². The Morgan fingerprint density at radius 1 is 1.41 bits per heavy atom. The minimum absolute atomic E-state index is 0.120. The van der Waals surface area contributed by atoms with E-state index in [0.717, 1.165) is 25.7 Å². The van der Waals surface area contributed by atoms with Crippen LogP contribution in [0.25, 0.3) is 0 Å². The number of hydrogen-bond acceptors (Lipinski definition) is 4. The number of thioether (sulfide) groups is 1. The number of nitrogens with one attached hydrogen (secondary N) is 1. The molecule has 1 unspecified atom stereocenters. The standard InChI is InChI=1S/C15H25N3O3S/c1-2-3-8-17-14(21)15(6-4-5-7-15)18-11(13(16)20)9-22-10-12(18)19/h11H,2-10H2,1H3,(H2,16,20)(H,17,21). The fourth-order valence-electron chi connectivity index (χ4n) is 3.40. The van der Waals surface area contributed by atoms with Gasteiger partial charge in [0.15, 0.2) is 0 Å². The van der Waals surface area contributed by atoms with Crippen molar-refractivity contribution in [2.75, 3.05) is 18.1 Å². The highest BCUT2D eigenvalue weighted by Crippen LogP contribution is 2.39. The molecule has 0 spiro atoms. The second-order valence-electron chi connectivity index (χ2n) is 6.05. The predicted octanol–water partition coefficient (Wildman–Crippen LogP) is 0.645. The zero-order valence-electron chi connectivity index (χ0n) is 13.1. The summed E-state index contributed by atoms with van der Waals surface area (Å²) in [6, 6.07) is -0.679. The Bertz CT molecular complexity index is 449. The summed E-state index contributed by atoms with van der Waals surface area (Å²) in [6.07, 6.45) is 4.92. The molecular formula is C15H25N3O3S. The molecule has 0 bridgehead atoms. The first-order valence-electron chi connectivity index (χ1n) is 8.00. The third-order valence-corrected chi connectivity index (χ3v) is 5.54. The Morgan fingerprint density at radius 3 is 2.68 bits per heavy atom. The topological polar surface area (TPSA) is 92.5 Å². The van der Waals surface area contributed by atoms with E-state index >= 15 is 0 Å². The number of amides is 3. The van der Waals surface area contributed by atoms with Crippen molar-refractivity contribution in [1.29, 1.82) is 0 Å². The molecule has 7 heteroatoms. The van der Waals surface area contributed by atoms with Gasteiger partial charge in [-0.05, 0) is 19.3 Å². The zero-order chi connectivity index (χ0) is 16.2. The van der Waals surface area contributed by atoms with Crippen LogP contribution in [0.2, 0.25) is 0 Å². The van der Waals surface area contributed by atoms with Crippen molar-refractivity contribution in [2.24, 2.45) is 5.73 Å². The van der Waals surface area contributed by atoms with Gasteiger partial charge in [0.1, 0.15) is 11.6 Å². The fraction of sp³-hybridized carbons (Fsp3) is 0.800. The highest BCUT2D eigenvalue weighted by Gasteiger charge is 2.52. The molecule has 0 aromatic rings. The molecule has 1 saturated heterocycles. The Labute approximate surface area is 135 Å². The fourth-order valence-corrected chi connectivity index (χ4v) is 4.37. The van der Waals surface area contributed by atoms with Crippen LogP contribution in [0, 0.1) is 0 Å². The average molecular weight is 327 g/mol. The third kappa shape index (κ3) is 3.24. The number of unbranched alkanes of at least 4 members (excludes halogenated alkanes) is 1. The lowest BCUT2D eigenvalue weighted by atomic mass is 9.91. The largest absolute Gasteiger partial charge is 0.368 e. The number of primary amides is 1. The molecule has 3 N–H and O–H groups in total. The van der Waals surface area contributed by atoms with Crippen LogP contribution in [0.3, 0.4) is 0 Å². The average Bonchev–Trinajstić information content (AvgIpc) is 2.97. The smallest absolute Gasteiger partial charge is 0.246 e. The van der Waals surface area contributed by atoms with Crippen molar-refractivity contribution in [3.63, 3.8) is 0 Å². The maximum atomic E-state index is 12.8. The molecule has 2 aliphatic rings. The van der Waals surface area contributed by atoms with E-state index in [1.807, 2.05) is 0 Å². The van der Waals surface area contributed by atoms with Gasteiger partial charge in [0.25, 0.3) is 0 Å². The first-order chi connectivity index (χ1) is 10.5. The molecule has 1 saturated carbocycles. The van der Waals surface area contributed by atoms with Gasteiger partial charge in [-0.15, -0.1) is 11.8 Å². The molecule has 0 aromatic heterocycles. The van der Waals surface area contributed by atoms with E-state index in [0.29, 0.717) is 30.9 Å². The van der Waals surface area contributed by atoms with Crippen molar-refractivity contribution in [1.82, 2.24) is 10.2 Å². The van der Waals surface area contributed by atoms with Crippen LogP contribution in [-0.4, -0.2) is 52.3 Å². The Hall–Kier alpha value is -1.24. The molecule has 1 heterocycles. The van der Waals surface area contributed by atoms with E-state index in [1.54, 1.807) is 0 Å². The number of carbonyl (C=O) groups is 3. The van der Waals surface area contributed by atoms with E-state index in [4.69, 9.17) is 5.73 Å². The molecule has 3 amide bonds. The molecule has 1 atom stereocenters. The molecule has 2 rings (SSSR count). The summed E-state index contributed by atoms with van der Waals surface area (Å²) in [5.74, 6) is 0.00414. The summed E-state index contributed by atoms with van der Waals surface area (Å²) in [7, 11) is 0. The van der Waals surface area contributed by atoms with Crippen molar-refractivity contribution in [2.45, 2.75) is 57.0 Å². The molecular weight excluding hydrogens is 302 g/mol. The molecule has 1 aliphatic heterocycles. The van der Waals surface area contributed by atoms with E-state index in [2.05, 4.69) is 12.2 Å². The summed E-state index contributed by atoms with van der Waals surface area (Å²) < 4.78 is 0. The van der Waals surface area contributed by atoms with E-state index in [1.165, 1.54) is 16.7 Å². The van der Waals surface area contributed by atoms with Gasteiger partial charge in [-0.3, -0.25) is 14.4 Å². The van der Waals surface area contributed by atoms with Gasteiger partial charge in [0, 0.05) is 12.3 Å². The monoisotopic (exact) mass is 327 g/mol. The predicted molar refractivity (Wildman–Crippen MR) is 86.3 cm³/mol. The van der Waals surface area contributed by atoms with Crippen LogP contribution in [0.4, 0.5) is 0 Å². The van der Waals surface area contributed by atoms with E-state index in [-0.39, 0.29) is 11.8 Å². The lowest BCUT2D eigenvalue weighted by Crippen LogP contribution is -2.67. The van der Waals surface area contributed by atoms with Crippen LogP contribution in [-0.2, 0) is 14.4 Å². The van der Waals surface area contributed by atoms with Gasteiger partial charge >= 0.3 is 0 Å². The summed E-state index contributed by atoms with van der Waals surface area (Å²) in [4.78, 5) is 38.5. The molecule has 22 heavy (non-hydrogen) atoms. The number of nitrogens with two attached hydrogens (primary N) is 1. The van der Waals surface area contributed by atoms with Crippen molar-refractivity contribution in [3.05, 3.63) is 0 Å². The summed E-state index contributed by atoms with van der Waals surface area (Å²) in [5.41, 5.74) is 4.61. The highest BCUT2D eigenvalue weighted by molar-refractivity contribution is 8.00. The zero-order valence-corrected chi connectivity index (χ0v) is 13.9. The van der Waals surface area contributed by atoms with Crippen molar-refractivity contribution < 1.29 is 14.4 Å².